The average molecular weight is 317 g/mol. The van der Waals surface area contributed by atoms with E-state index in [0.29, 0.717) is 31.2 Å². The molecule has 1 aromatic rings. The first kappa shape index (κ1) is 16.4. The first-order valence-electron chi connectivity index (χ1n) is 7.13. The summed E-state index contributed by atoms with van der Waals surface area (Å²) in [6, 6.07) is 1.87. The topological polar surface area (TPSA) is 84.7 Å². The molecular formula is C13H23N3O4S. The summed E-state index contributed by atoms with van der Waals surface area (Å²) in [4.78, 5) is 0. The molecule has 21 heavy (non-hydrogen) atoms. The lowest BCUT2D eigenvalue weighted by Crippen LogP contribution is -2.43. The Morgan fingerprint density at radius 2 is 2.38 bits per heavy atom. The van der Waals surface area contributed by atoms with Gasteiger partial charge in [-0.15, -0.1) is 0 Å². The van der Waals surface area contributed by atoms with Crippen LogP contribution in [0.2, 0.25) is 0 Å². The zero-order chi connectivity index (χ0) is 15.3. The van der Waals surface area contributed by atoms with Gasteiger partial charge in [-0.2, -0.15) is 4.31 Å². The maximum absolute atomic E-state index is 12.6. The lowest BCUT2D eigenvalue weighted by atomic mass is 10.2. The third kappa shape index (κ3) is 4.77. The van der Waals surface area contributed by atoms with Crippen LogP contribution >= 0.6 is 0 Å². The molecule has 1 fully saturated rings. The molecule has 0 aliphatic carbocycles. The van der Waals surface area contributed by atoms with Crippen molar-refractivity contribution in [1.29, 1.82) is 0 Å². The van der Waals surface area contributed by atoms with E-state index in [1.165, 1.54) is 4.31 Å². The van der Waals surface area contributed by atoms with Crippen molar-refractivity contribution < 1.29 is 17.7 Å². The Bertz CT molecular complexity index is 537. The van der Waals surface area contributed by atoms with Crippen LogP contribution in [0.1, 0.15) is 24.3 Å². The average Bonchev–Trinajstić information content (AvgIpc) is 3.06. The van der Waals surface area contributed by atoms with Crippen LogP contribution in [-0.4, -0.2) is 57.3 Å². The highest BCUT2D eigenvalue weighted by Crippen LogP contribution is 2.14. The molecule has 1 aromatic heterocycles. The maximum Gasteiger partial charge on any atom is 0.220 e. The van der Waals surface area contributed by atoms with E-state index in [-0.39, 0.29) is 11.8 Å². The van der Waals surface area contributed by atoms with E-state index < -0.39 is 10.0 Å². The number of ether oxygens (including phenoxy) is 1. The van der Waals surface area contributed by atoms with Crippen molar-refractivity contribution >= 4 is 10.0 Å². The van der Waals surface area contributed by atoms with Crippen LogP contribution in [0.3, 0.4) is 0 Å². The van der Waals surface area contributed by atoms with Gasteiger partial charge in [0.1, 0.15) is 17.2 Å². The lowest BCUT2D eigenvalue weighted by Gasteiger charge is -2.24. The molecule has 0 spiro atoms. The second-order valence-corrected chi connectivity index (χ2v) is 7.30. The van der Waals surface area contributed by atoms with Gasteiger partial charge in [-0.25, -0.2) is 8.42 Å². The van der Waals surface area contributed by atoms with Crippen LogP contribution in [0.15, 0.2) is 10.6 Å². The minimum atomic E-state index is -3.43. The van der Waals surface area contributed by atoms with Crippen LogP contribution < -0.4 is 5.32 Å². The second kappa shape index (κ2) is 7.35. The Morgan fingerprint density at radius 1 is 1.57 bits per heavy atom. The minimum Gasteiger partial charge on any atom is -0.383 e. The van der Waals surface area contributed by atoms with E-state index >= 15 is 0 Å². The molecule has 0 saturated carbocycles. The van der Waals surface area contributed by atoms with E-state index in [1.807, 2.05) is 0 Å². The third-order valence-corrected chi connectivity index (χ3v) is 5.31. The number of methoxy groups -OCH3 is 1. The van der Waals surface area contributed by atoms with E-state index in [9.17, 15) is 8.42 Å². The Hall–Kier alpha value is -0.960. The highest BCUT2D eigenvalue weighted by atomic mass is 32.2. The van der Waals surface area contributed by atoms with Crippen LogP contribution in [0.25, 0.3) is 0 Å². The normalized spacial score (nSPS) is 19.5. The van der Waals surface area contributed by atoms with Crippen molar-refractivity contribution in [1.82, 2.24) is 14.8 Å². The molecule has 120 valence electrons. The molecule has 1 N–H and O–H groups in total. The minimum absolute atomic E-state index is 0.138. The fraction of sp³-hybridized carbons (Fsp3) is 0.769. The van der Waals surface area contributed by atoms with Gasteiger partial charge in [-0.1, -0.05) is 5.16 Å². The smallest absolute Gasteiger partial charge is 0.220 e. The first-order chi connectivity index (χ1) is 10.0. The summed E-state index contributed by atoms with van der Waals surface area (Å²) in [5.41, 5.74) is 0.439. The summed E-state index contributed by atoms with van der Waals surface area (Å²) < 4.78 is 36.6. The van der Waals surface area contributed by atoms with Crippen molar-refractivity contribution in [3.8, 4) is 0 Å². The van der Waals surface area contributed by atoms with Crippen LogP contribution in [0, 0.1) is 6.92 Å². The molecule has 1 unspecified atom stereocenters. The highest BCUT2D eigenvalue weighted by Gasteiger charge is 2.27. The molecule has 8 heteroatoms. The summed E-state index contributed by atoms with van der Waals surface area (Å²) in [6.07, 6.45) is 2.09. The SMILES string of the molecule is COCCN(CC1CCCN1)S(=O)(=O)Cc1cc(C)on1. The van der Waals surface area contributed by atoms with E-state index in [4.69, 9.17) is 9.26 Å². The number of hydrogen-bond acceptors (Lipinski definition) is 6. The summed E-state index contributed by atoms with van der Waals surface area (Å²) in [5, 5.41) is 7.09. The molecule has 0 radical (unpaired) electrons. The van der Waals surface area contributed by atoms with Crippen LogP contribution in [0.4, 0.5) is 0 Å². The van der Waals surface area contributed by atoms with Crippen molar-refractivity contribution in [2.75, 3.05) is 33.4 Å². The predicted octanol–water partition coefficient (Wildman–Crippen LogP) is 0.513. The summed E-state index contributed by atoms with van der Waals surface area (Å²) >= 11 is 0. The Morgan fingerprint density at radius 3 is 2.95 bits per heavy atom. The zero-order valence-corrected chi connectivity index (χ0v) is 13.4. The summed E-state index contributed by atoms with van der Waals surface area (Å²) in [5.74, 6) is 0.474. The van der Waals surface area contributed by atoms with E-state index in [1.54, 1.807) is 20.1 Å². The molecule has 0 aromatic carbocycles. The van der Waals surface area contributed by atoms with Gasteiger partial charge in [0.25, 0.3) is 0 Å². The summed E-state index contributed by atoms with van der Waals surface area (Å²) in [7, 11) is -1.86. The first-order valence-corrected chi connectivity index (χ1v) is 8.74. The van der Waals surface area contributed by atoms with E-state index in [2.05, 4.69) is 10.5 Å². The highest BCUT2D eigenvalue weighted by molar-refractivity contribution is 7.88. The fourth-order valence-electron chi connectivity index (χ4n) is 2.46. The fourth-order valence-corrected chi connectivity index (χ4v) is 3.91. The number of nitrogens with one attached hydrogen (secondary N) is 1. The summed E-state index contributed by atoms with van der Waals surface area (Å²) in [6.45, 7) is 3.90. The van der Waals surface area contributed by atoms with E-state index in [0.717, 1.165) is 19.4 Å². The molecule has 1 saturated heterocycles. The zero-order valence-electron chi connectivity index (χ0n) is 12.5. The quantitative estimate of drug-likeness (QED) is 0.752. The van der Waals surface area contributed by atoms with Gasteiger partial charge in [-0.3, -0.25) is 0 Å². The van der Waals surface area contributed by atoms with Gasteiger partial charge < -0.3 is 14.6 Å². The Kier molecular flexibility index (Phi) is 5.74. The number of sulfonamides is 1. The number of nitrogens with zero attached hydrogens (tertiary/aromatic N) is 2. The molecule has 2 rings (SSSR count). The largest absolute Gasteiger partial charge is 0.383 e. The number of rotatable bonds is 8. The molecule has 7 nitrogen and oxygen atoms in total. The van der Waals surface area contributed by atoms with Crippen LogP contribution in [0.5, 0.6) is 0 Å². The number of aryl methyl sites for hydroxylation is 1. The predicted molar refractivity (Wildman–Crippen MR) is 78.3 cm³/mol. The monoisotopic (exact) mass is 317 g/mol. The van der Waals surface area contributed by atoms with Gasteiger partial charge in [0.15, 0.2) is 0 Å². The Labute approximate surface area is 125 Å². The van der Waals surface area contributed by atoms with Gasteiger partial charge in [0, 0.05) is 32.3 Å². The molecule has 1 aliphatic rings. The number of hydrogen-bond donors (Lipinski definition) is 1. The second-order valence-electron chi connectivity index (χ2n) is 5.33. The van der Waals surface area contributed by atoms with Gasteiger partial charge in [-0.05, 0) is 26.3 Å². The number of aromatic nitrogens is 1. The Balaban J connectivity index is 2.05. The van der Waals surface area contributed by atoms with Gasteiger partial charge in [0.2, 0.25) is 10.0 Å². The van der Waals surface area contributed by atoms with Gasteiger partial charge >= 0.3 is 0 Å². The standard InChI is InChI=1S/C13H23N3O4S/c1-11-8-13(15-20-11)10-21(17,18)16(6-7-19-2)9-12-4-3-5-14-12/h8,12,14H,3-7,9-10H2,1-2H3. The van der Waals surface area contributed by atoms with Gasteiger partial charge in [0.05, 0.1) is 6.61 Å². The van der Waals surface area contributed by atoms with Crippen molar-refractivity contribution in [2.24, 2.45) is 0 Å². The van der Waals surface area contributed by atoms with Crippen molar-refractivity contribution in [3.63, 3.8) is 0 Å². The third-order valence-electron chi connectivity index (χ3n) is 3.53. The molecule has 2 heterocycles. The molecular weight excluding hydrogens is 294 g/mol. The molecule has 1 aliphatic heterocycles. The molecule has 0 amide bonds. The van der Waals surface area contributed by atoms with Crippen molar-refractivity contribution in [2.45, 2.75) is 31.6 Å². The lowest BCUT2D eigenvalue weighted by molar-refractivity contribution is 0.176. The van der Waals surface area contributed by atoms with Crippen molar-refractivity contribution in [3.05, 3.63) is 17.5 Å². The maximum atomic E-state index is 12.6. The molecule has 0 bridgehead atoms. The molecule has 1 atom stereocenters. The van der Waals surface area contributed by atoms with Crippen LogP contribution in [-0.2, 0) is 20.5 Å².